The molecule has 1 aliphatic carbocycles. The lowest BCUT2D eigenvalue weighted by Gasteiger charge is -2.20. The number of methoxy groups -OCH3 is 1. The third kappa shape index (κ3) is 3.45. The van der Waals surface area contributed by atoms with Gasteiger partial charge in [-0.25, -0.2) is 4.98 Å². The number of pyridine rings is 1. The lowest BCUT2D eigenvalue weighted by molar-refractivity contribution is 0.0830. The van der Waals surface area contributed by atoms with E-state index in [0.717, 1.165) is 24.2 Å². The van der Waals surface area contributed by atoms with E-state index in [0.29, 0.717) is 47.6 Å². The van der Waals surface area contributed by atoms with Gasteiger partial charge in [-0.1, -0.05) is 6.07 Å². The van der Waals surface area contributed by atoms with Gasteiger partial charge in [0.25, 0.3) is 11.8 Å². The number of allylic oxidation sites excluding steroid dienone is 1. The number of carbonyl (C=O) groups is 2. The van der Waals surface area contributed by atoms with Gasteiger partial charge in [-0.2, -0.15) is 0 Å². The molecule has 0 spiro atoms. The Balaban J connectivity index is 1.24. The maximum atomic E-state index is 13.2. The highest BCUT2D eigenvalue weighted by atomic mass is 16.5. The van der Waals surface area contributed by atoms with Crippen molar-refractivity contribution in [2.75, 3.05) is 18.6 Å². The van der Waals surface area contributed by atoms with Gasteiger partial charge in [0.05, 0.1) is 13.7 Å². The van der Waals surface area contributed by atoms with Crippen molar-refractivity contribution in [1.29, 1.82) is 0 Å². The van der Waals surface area contributed by atoms with Crippen LogP contribution in [0.2, 0.25) is 0 Å². The van der Waals surface area contributed by atoms with Crippen LogP contribution < -0.4 is 4.90 Å². The van der Waals surface area contributed by atoms with Gasteiger partial charge in [-0.05, 0) is 60.9 Å². The van der Waals surface area contributed by atoms with Crippen molar-refractivity contribution in [3.8, 4) is 11.5 Å². The molecule has 2 amide bonds. The molecule has 3 aromatic rings. The van der Waals surface area contributed by atoms with E-state index in [1.54, 1.807) is 53.7 Å². The van der Waals surface area contributed by atoms with E-state index in [1.807, 2.05) is 28.8 Å². The average Bonchev–Trinajstić information content (AvgIpc) is 3.52. The molecule has 0 radical (unpaired) electrons. The second-order valence-corrected chi connectivity index (χ2v) is 8.52. The average molecular weight is 454 g/mol. The molecule has 2 aromatic heterocycles. The van der Waals surface area contributed by atoms with Gasteiger partial charge >= 0.3 is 0 Å². The highest BCUT2D eigenvalue weighted by molar-refractivity contribution is 6.10. The number of amides is 2. The van der Waals surface area contributed by atoms with Crippen molar-refractivity contribution in [2.45, 2.75) is 25.4 Å². The summed E-state index contributed by atoms with van der Waals surface area (Å²) >= 11 is 0. The molecule has 4 heterocycles. The number of rotatable bonds is 5. The van der Waals surface area contributed by atoms with Crippen molar-refractivity contribution in [2.24, 2.45) is 0 Å². The second kappa shape index (κ2) is 7.95. The van der Waals surface area contributed by atoms with Gasteiger partial charge in [-0.3, -0.25) is 14.5 Å². The van der Waals surface area contributed by atoms with Crippen LogP contribution in [0.4, 0.5) is 5.82 Å². The molecule has 2 aliphatic heterocycles. The van der Waals surface area contributed by atoms with Gasteiger partial charge in [0, 0.05) is 29.9 Å². The standard InChI is InChI=1S/C25H22N6O3/c1-34-19-9-11-29(12-10-19)24(32)16-5-8-20-17(13-16)14-30(25(20)33)22-4-2-3-21(27-22)23-28-26-15-31(23)18-6-7-18/h2-5,8-11,13,15,18H,6-7,12,14H2,1H3. The number of ether oxygens (including phenoxy) is 1. The SMILES string of the molecule is COC1=CCN(C(=O)c2ccc3c(c2)CN(c2cccc(-c4nncn4C4CC4)n2)C3=O)C=C1. The molecule has 9 nitrogen and oxygen atoms in total. The van der Waals surface area contributed by atoms with E-state index in [9.17, 15) is 9.59 Å². The first-order valence-corrected chi connectivity index (χ1v) is 11.2. The molecule has 1 aromatic carbocycles. The molecule has 170 valence electrons. The first-order chi connectivity index (χ1) is 16.6. The van der Waals surface area contributed by atoms with Gasteiger partial charge in [0.15, 0.2) is 5.82 Å². The first kappa shape index (κ1) is 20.3. The van der Waals surface area contributed by atoms with Crippen LogP contribution >= 0.6 is 0 Å². The van der Waals surface area contributed by atoms with E-state index in [-0.39, 0.29) is 11.8 Å². The van der Waals surface area contributed by atoms with Crippen LogP contribution in [0.5, 0.6) is 0 Å². The van der Waals surface area contributed by atoms with Crippen molar-refractivity contribution < 1.29 is 14.3 Å². The zero-order chi connectivity index (χ0) is 23.2. The third-order valence-electron chi connectivity index (χ3n) is 6.31. The van der Waals surface area contributed by atoms with E-state index in [1.165, 1.54) is 0 Å². The van der Waals surface area contributed by atoms with Crippen molar-refractivity contribution in [3.05, 3.63) is 83.5 Å². The second-order valence-electron chi connectivity index (χ2n) is 8.52. The molecular weight excluding hydrogens is 432 g/mol. The molecule has 9 heteroatoms. The Morgan fingerprint density at radius 1 is 1.18 bits per heavy atom. The van der Waals surface area contributed by atoms with Gasteiger partial charge in [-0.15, -0.1) is 10.2 Å². The molecule has 1 fully saturated rings. The van der Waals surface area contributed by atoms with E-state index < -0.39 is 0 Å². The summed E-state index contributed by atoms with van der Waals surface area (Å²) in [6.07, 6.45) is 9.27. The van der Waals surface area contributed by atoms with Crippen LogP contribution in [0, 0.1) is 0 Å². The quantitative estimate of drug-likeness (QED) is 0.587. The smallest absolute Gasteiger partial charge is 0.260 e. The summed E-state index contributed by atoms with van der Waals surface area (Å²) in [4.78, 5) is 34.1. The number of hydrogen-bond donors (Lipinski definition) is 0. The Labute approximate surface area is 196 Å². The monoisotopic (exact) mass is 454 g/mol. The molecule has 3 aliphatic rings. The van der Waals surface area contributed by atoms with Crippen LogP contribution in [0.15, 0.2) is 66.8 Å². The number of anilines is 1. The fourth-order valence-electron chi connectivity index (χ4n) is 4.33. The fraction of sp³-hybridized carbons (Fsp3) is 0.240. The topological polar surface area (TPSA) is 93.4 Å². The minimum atomic E-state index is -0.132. The number of carbonyl (C=O) groups excluding carboxylic acids is 2. The predicted molar refractivity (Wildman–Crippen MR) is 124 cm³/mol. The van der Waals surface area contributed by atoms with Crippen molar-refractivity contribution in [1.82, 2.24) is 24.6 Å². The minimum Gasteiger partial charge on any atom is -0.497 e. The summed E-state index contributed by atoms with van der Waals surface area (Å²) in [5.74, 6) is 1.72. The Morgan fingerprint density at radius 2 is 2.06 bits per heavy atom. The summed E-state index contributed by atoms with van der Waals surface area (Å²) in [6.45, 7) is 0.785. The molecular formula is C25H22N6O3. The number of hydrogen-bond acceptors (Lipinski definition) is 6. The minimum absolute atomic E-state index is 0.129. The van der Waals surface area contributed by atoms with Crippen LogP contribution in [0.3, 0.4) is 0 Å². The van der Waals surface area contributed by atoms with Crippen molar-refractivity contribution in [3.63, 3.8) is 0 Å². The van der Waals surface area contributed by atoms with Crippen LogP contribution in [-0.2, 0) is 11.3 Å². The van der Waals surface area contributed by atoms with Crippen LogP contribution in [-0.4, -0.2) is 50.1 Å². The lowest BCUT2D eigenvalue weighted by atomic mass is 10.1. The molecule has 1 saturated carbocycles. The lowest BCUT2D eigenvalue weighted by Crippen LogP contribution is -2.27. The van der Waals surface area contributed by atoms with E-state index in [4.69, 9.17) is 9.72 Å². The number of benzene rings is 1. The molecule has 34 heavy (non-hydrogen) atoms. The summed E-state index contributed by atoms with van der Waals surface area (Å²) in [7, 11) is 1.60. The Kier molecular flexibility index (Phi) is 4.75. The van der Waals surface area contributed by atoms with Crippen LogP contribution in [0.25, 0.3) is 11.5 Å². The normalized spacial score (nSPS) is 17.1. The summed E-state index contributed by atoms with van der Waals surface area (Å²) in [5, 5.41) is 8.30. The highest BCUT2D eigenvalue weighted by Crippen LogP contribution is 2.37. The molecule has 0 bridgehead atoms. The third-order valence-corrected chi connectivity index (χ3v) is 6.31. The molecule has 0 saturated heterocycles. The number of nitrogens with zero attached hydrogens (tertiary/aromatic N) is 6. The summed E-state index contributed by atoms with van der Waals surface area (Å²) in [6, 6.07) is 11.2. The Morgan fingerprint density at radius 3 is 2.82 bits per heavy atom. The van der Waals surface area contributed by atoms with E-state index >= 15 is 0 Å². The molecule has 0 atom stereocenters. The van der Waals surface area contributed by atoms with Gasteiger partial charge in [0.2, 0.25) is 0 Å². The fourth-order valence-corrected chi connectivity index (χ4v) is 4.33. The summed E-state index contributed by atoms with van der Waals surface area (Å²) < 4.78 is 7.23. The molecule has 0 unspecified atom stereocenters. The maximum absolute atomic E-state index is 13.2. The largest absolute Gasteiger partial charge is 0.497 e. The Bertz CT molecular complexity index is 1370. The van der Waals surface area contributed by atoms with E-state index in [2.05, 4.69) is 10.2 Å². The Hall–Kier alpha value is -4.27. The zero-order valence-electron chi connectivity index (χ0n) is 18.6. The predicted octanol–water partition coefficient (Wildman–Crippen LogP) is 3.34. The highest BCUT2D eigenvalue weighted by Gasteiger charge is 2.31. The number of fused-ring (bicyclic) bond motifs is 1. The zero-order valence-corrected chi connectivity index (χ0v) is 18.6. The molecule has 0 N–H and O–H groups in total. The van der Waals surface area contributed by atoms with Crippen molar-refractivity contribution >= 4 is 17.6 Å². The molecule has 6 rings (SSSR count). The van der Waals surface area contributed by atoms with Gasteiger partial charge in [0.1, 0.15) is 23.6 Å². The van der Waals surface area contributed by atoms with Crippen LogP contribution in [0.1, 0.15) is 45.2 Å². The first-order valence-electron chi connectivity index (χ1n) is 11.2. The summed E-state index contributed by atoms with van der Waals surface area (Å²) in [5.41, 5.74) is 2.60. The number of aromatic nitrogens is 4. The van der Waals surface area contributed by atoms with Gasteiger partial charge < -0.3 is 14.2 Å². The maximum Gasteiger partial charge on any atom is 0.260 e.